The highest BCUT2D eigenvalue weighted by Crippen LogP contribution is 2.42. The Labute approximate surface area is 129 Å². The van der Waals surface area contributed by atoms with Gasteiger partial charge >= 0.3 is 5.97 Å². The van der Waals surface area contributed by atoms with Crippen LogP contribution in [0.1, 0.15) is 30.1 Å². The lowest BCUT2D eigenvalue weighted by Crippen LogP contribution is -2.40. The fraction of sp³-hybridized carbons (Fsp3) is 0.389. The molecular weight excluding hydrogens is 276 g/mol. The molecule has 0 saturated carbocycles. The minimum Gasteiger partial charge on any atom is -0.466 e. The number of ether oxygens (including phenoxy) is 1. The molecule has 3 heterocycles. The number of aromatic nitrogens is 1. The highest BCUT2D eigenvalue weighted by atomic mass is 16.5. The van der Waals surface area contributed by atoms with Crippen molar-refractivity contribution in [3.63, 3.8) is 0 Å². The van der Waals surface area contributed by atoms with Crippen LogP contribution in [-0.2, 0) is 16.0 Å². The quantitative estimate of drug-likeness (QED) is 0.650. The van der Waals surface area contributed by atoms with E-state index in [0.717, 1.165) is 32.4 Å². The maximum atomic E-state index is 11.7. The summed E-state index contributed by atoms with van der Waals surface area (Å²) in [5.74, 6) is -0.250. The molecule has 1 N–H and O–H groups in total. The Morgan fingerprint density at radius 1 is 1.32 bits per heavy atom. The van der Waals surface area contributed by atoms with Crippen LogP contribution in [0.2, 0.25) is 0 Å². The van der Waals surface area contributed by atoms with Gasteiger partial charge in [-0.1, -0.05) is 18.2 Å². The zero-order chi connectivity index (χ0) is 15.1. The van der Waals surface area contributed by atoms with Crippen molar-refractivity contribution < 1.29 is 9.53 Å². The van der Waals surface area contributed by atoms with Crippen molar-refractivity contribution in [2.24, 2.45) is 0 Å². The van der Waals surface area contributed by atoms with Crippen molar-refractivity contribution in [1.82, 2.24) is 9.88 Å². The van der Waals surface area contributed by atoms with Crippen LogP contribution in [0.4, 0.5) is 0 Å². The number of para-hydroxylation sites is 1. The summed E-state index contributed by atoms with van der Waals surface area (Å²) in [5.41, 5.74) is 5.04. The largest absolute Gasteiger partial charge is 0.466 e. The summed E-state index contributed by atoms with van der Waals surface area (Å²) in [6.45, 7) is 2.15. The predicted octanol–water partition coefficient (Wildman–Crippen LogP) is 2.96. The number of fused-ring (bicyclic) bond motifs is 5. The number of nitrogens with zero attached hydrogens (tertiary/aromatic N) is 1. The fourth-order valence-electron chi connectivity index (χ4n) is 3.94. The van der Waals surface area contributed by atoms with Crippen molar-refractivity contribution >= 4 is 16.9 Å². The second-order valence-electron chi connectivity index (χ2n) is 6.10. The average molecular weight is 296 g/mol. The molecule has 0 radical (unpaired) electrons. The number of aromatic amines is 1. The monoisotopic (exact) mass is 296 g/mol. The molecule has 0 amide bonds. The van der Waals surface area contributed by atoms with Crippen LogP contribution in [0.15, 0.2) is 35.9 Å². The highest BCUT2D eigenvalue weighted by Gasteiger charge is 2.35. The second-order valence-corrected chi connectivity index (χ2v) is 6.10. The zero-order valence-electron chi connectivity index (χ0n) is 12.8. The number of hydrogen-bond acceptors (Lipinski definition) is 3. The molecule has 0 spiro atoms. The molecule has 0 aliphatic carbocycles. The highest BCUT2D eigenvalue weighted by molar-refractivity contribution is 5.86. The summed E-state index contributed by atoms with van der Waals surface area (Å²) in [5, 5.41) is 1.32. The molecule has 4 nitrogen and oxygen atoms in total. The molecule has 1 fully saturated rings. The Morgan fingerprint density at radius 3 is 3.05 bits per heavy atom. The summed E-state index contributed by atoms with van der Waals surface area (Å²) in [4.78, 5) is 17.8. The van der Waals surface area contributed by atoms with E-state index in [1.165, 1.54) is 34.8 Å². The molecule has 0 unspecified atom stereocenters. The number of H-pyrrole nitrogens is 1. The van der Waals surface area contributed by atoms with Crippen LogP contribution in [0, 0.1) is 0 Å². The van der Waals surface area contributed by atoms with Crippen molar-refractivity contribution in [2.45, 2.75) is 25.3 Å². The Bertz CT molecular complexity index is 760. The van der Waals surface area contributed by atoms with Gasteiger partial charge in [0, 0.05) is 29.2 Å². The molecule has 4 rings (SSSR count). The standard InChI is InChI=1S/C18H20N2O2/c1-22-16(21)11-12-5-4-9-20-10-8-14-13-6-2-3-7-15(13)19-17(14)18(12)20/h2-3,6-7,11,18-19H,4-5,8-10H2,1H3/b12-11+/t18-/m0/s1. The van der Waals surface area contributed by atoms with Crippen LogP contribution < -0.4 is 0 Å². The molecule has 22 heavy (non-hydrogen) atoms. The summed E-state index contributed by atoms with van der Waals surface area (Å²) < 4.78 is 4.84. The molecule has 1 atom stereocenters. The topological polar surface area (TPSA) is 45.3 Å². The first kappa shape index (κ1) is 13.6. The van der Waals surface area contributed by atoms with E-state index in [1.807, 2.05) is 0 Å². The molecule has 114 valence electrons. The molecule has 0 bridgehead atoms. The normalized spacial score (nSPS) is 23.3. The molecule has 1 aromatic carbocycles. The molecule has 2 aliphatic rings. The van der Waals surface area contributed by atoms with Crippen LogP contribution in [0.25, 0.3) is 10.9 Å². The average Bonchev–Trinajstić information content (AvgIpc) is 2.93. The van der Waals surface area contributed by atoms with Crippen LogP contribution >= 0.6 is 0 Å². The number of nitrogens with one attached hydrogen (secondary N) is 1. The van der Waals surface area contributed by atoms with Crippen molar-refractivity contribution in [2.75, 3.05) is 20.2 Å². The van der Waals surface area contributed by atoms with E-state index in [9.17, 15) is 4.79 Å². The van der Waals surface area contributed by atoms with Gasteiger partial charge in [0.2, 0.25) is 0 Å². The SMILES string of the molecule is COC(=O)/C=C1\CCCN2CCc3c([nH]c4ccccc34)[C@H]12. The van der Waals surface area contributed by atoms with Crippen LogP contribution in [-0.4, -0.2) is 36.1 Å². The maximum absolute atomic E-state index is 11.7. The first-order valence-electron chi connectivity index (χ1n) is 7.90. The number of hydrogen-bond donors (Lipinski definition) is 1. The van der Waals surface area contributed by atoms with Gasteiger partial charge in [-0.25, -0.2) is 4.79 Å². The minimum absolute atomic E-state index is 0.198. The van der Waals surface area contributed by atoms with E-state index in [4.69, 9.17) is 4.74 Å². The predicted molar refractivity (Wildman–Crippen MR) is 85.6 cm³/mol. The second kappa shape index (κ2) is 5.29. The number of esters is 1. The van der Waals surface area contributed by atoms with E-state index in [1.54, 1.807) is 6.08 Å². The van der Waals surface area contributed by atoms with Gasteiger partial charge < -0.3 is 9.72 Å². The van der Waals surface area contributed by atoms with Crippen molar-refractivity contribution in [3.05, 3.63) is 47.2 Å². The molecule has 2 aromatic rings. The van der Waals surface area contributed by atoms with Gasteiger partial charge in [-0.3, -0.25) is 4.90 Å². The molecular formula is C18H20N2O2. The third kappa shape index (κ3) is 2.06. The molecule has 1 aromatic heterocycles. The van der Waals surface area contributed by atoms with Gasteiger partial charge in [0.15, 0.2) is 0 Å². The first-order chi connectivity index (χ1) is 10.8. The number of carbonyl (C=O) groups excluding carboxylic acids is 1. The van der Waals surface area contributed by atoms with Gasteiger partial charge in [0.05, 0.1) is 13.2 Å². The summed E-state index contributed by atoms with van der Waals surface area (Å²) in [6.07, 6.45) is 4.83. The lowest BCUT2D eigenvalue weighted by Gasteiger charge is -2.40. The number of methoxy groups -OCH3 is 1. The lowest BCUT2D eigenvalue weighted by atomic mass is 9.86. The van der Waals surface area contributed by atoms with E-state index in [0.29, 0.717) is 0 Å². The van der Waals surface area contributed by atoms with Crippen molar-refractivity contribution in [3.8, 4) is 0 Å². The molecule has 4 heteroatoms. The number of rotatable bonds is 1. The molecule has 2 aliphatic heterocycles. The van der Waals surface area contributed by atoms with Gasteiger partial charge in [-0.05, 0) is 43.0 Å². The number of piperidine rings is 1. The Balaban J connectivity index is 1.85. The smallest absolute Gasteiger partial charge is 0.330 e. The van der Waals surface area contributed by atoms with Crippen LogP contribution in [0.3, 0.4) is 0 Å². The third-order valence-corrected chi connectivity index (χ3v) is 4.90. The Morgan fingerprint density at radius 2 is 2.18 bits per heavy atom. The lowest BCUT2D eigenvalue weighted by molar-refractivity contribution is -0.134. The van der Waals surface area contributed by atoms with Gasteiger partial charge in [0.1, 0.15) is 0 Å². The zero-order valence-corrected chi connectivity index (χ0v) is 12.8. The minimum atomic E-state index is -0.250. The fourth-order valence-corrected chi connectivity index (χ4v) is 3.94. The third-order valence-electron chi connectivity index (χ3n) is 4.90. The number of benzene rings is 1. The molecule has 1 saturated heterocycles. The summed E-state index contributed by atoms with van der Waals surface area (Å²) >= 11 is 0. The number of carbonyl (C=O) groups is 1. The van der Waals surface area contributed by atoms with Gasteiger partial charge in [0.25, 0.3) is 0 Å². The van der Waals surface area contributed by atoms with E-state index in [-0.39, 0.29) is 12.0 Å². The summed E-state index contributed by atoms with van der Waals surface area (Å²) in [7, 11) is 1.44. The van der Waals surface area contributed by atoms with E-state index < -0.39 is 0 Å². The Hall–Kier alpha value is -2.07. The van der Waals surface area contributed by atoms with Gasteiger partial charge in [-0.15, -0.1) is 0 Å². The summed E-state index contributed by atoms with van der Waals surface area (Å²) in [6, 6.07) is 8.67. The van der Waals surface area contributed by atoms with Crippen molar-refractivity contribution in [1.29, 1.82) is 0 Å². The van der Waals surface area contributed by atoms with E-state index >= 15 is 0 Å². The first-order valence-corrected chi connectivity index (χ1v) is 7.90. The van der Waals surface area contributed by atoms with Gasteiger partial charge in [-0.2, -0.15) is 0 Å². The Kier molecular flexibility index (Phi) is 3.26. The van der Waals surface area contributed by atoms with E-state index in [2.05, 4.69) is 34.1 Å². The maximum Gasteiger partial charge on any atom is 0.330 e. The van der Waals surface area contributed by atoms with Crippen LogP contribution in [0.5, 0.6) is 0 Å².